The van der Waals surface area contributed by atoms with E-state index in [1.807, 2.05) is 52.0 Å². The van der Waals surface area contributed by atoms with Crippen molar-refractivity contribution in [3.8, 4) is 11.1 Å². The third-order valence-corrected chi connectivity index (χ3v) is 5.48. The van der Waals surface area contributed by atoms with Crippen molar-refractivity contribution in [2.75, 3.05) is 0 Å². The van der Waals surface area contributed by atoms with Gasteiger partial charge in [0.15, 0.2) is 0 Å². The molecule has 0 saturated heterocycles. The lowest BCUT2D eigenvalue weighted by Crippen LogP contribution is -2.44. The molecule has 3 aromatic rings. The van der Waals surface area contributed by atoms with Crippen molar-refractivity contribution < 1.29 is 14.3 Å². The van der Waals surface area contributed by atoms with Crippen LogP contribution in [0.1, 0.15) is 50.0 Å². The van der Waals surface area contributed by atoms with Crippen LogP contribution in [-0.4, -0.2) is 28.4 Å². The Morgan fingerprint density at radius 2 is 1.77 bits per heavy atom. The zero-order valence-corrected chi connectivity index (χ0v) is 17.9. The number of amides is 1. The predicted molar refractivity (Wildman–Crippen MR) is 119 cm³/mol. The number of carbonyl (C=O) groups excluding carboxylic acids is 2. The summed E-state index contributed by atoms with van der Waals surface area (Å²) in [6, 6.07) is 19.9. The topological polar surface area (TPSA) is 46.6 Å². The molecule has 1 aliphatic heterocycles. The Morgan fingerprint density at radius 1 is 1.03 bits per heavy atom. The number of esters is 1. The second-order valence-electron chi connectivity index (χ2n) is 8.79. The van der Waals surface area contributed by atoms with E-state index in [1.54, 1.807) is 4.90 Å². The molecule has 0 radical (unpaired) electrons. The van der Waals surface area contributed by atoms with E-state index in [-0.39, 0.29) is 11.9 Å². The Kier molecular flexibility index (Phi) is 5.10. The Hall–Kier alpha value is -3.14. The summed E-state index contributed by atoms with van der Waals surface area (Å²) in [5.41, 5.74) is 3.25. The Bertz CT molecular complexity index is 1120. The van der Waals surface area contributed by atoms with Gasteiger partial charge in [0.25, 0.3) is 5.91 Å². The summed E-state index contributed by atoms with van der Waals surface area (Å²) in [5.74, 6) is -0.451. The number of carbonyl (C=O) groups is 2. The molecule has 0 spiro atoms. The summed E-state index contributed by atoms with van der Waals surface area (Å²) in [6.45, 7) is 7.86. The molecule has 0 N–H and O–H groups in total. The van der Waals surface area contributed by atoms with Gasteiger partial charge >= 0.3 is 5.97 Å². The van der Waals surface area contributed by atoms with Crippen LogP contribution < -0.4 is 0 Å². The largest absolute Gasteiger partial charge is 0.458 e. The average Bonchev–Trinajstić information content (AvgIpc) is 3.02. The van der Waals surface area contributed by atoms with Crippen LogP contribution in [-0.2, 0) is 16.1 Å². The van der Waals surface area contributed by atoms with E-state index >= 15 is 0 Å². The van der Waals surface area contributed by atoms with Crippen LogP contribution in [0.25, 0.3) is 21.9 Å². The number of hydrogen-bond acceptors (Lipinski definition) is 3. The third-order valence-electron chi connectivity index (χ3n) is 5.48. The van der Waals surface area contributed by atoms with E-state index in [9.17, 15) is 9.59 Å². The van der Waals surface area contributed by atoms with E-state index in [0.717, 1.165) is 16.7 Å². The average molecular weight is 402 g/mol. The van der Waals surface area contributed by atoms with Crippen LogP contribution >= 0.6 is 0 Å². The fourth-order valence-corrected chi connectivity index (χ4v) is 4.12. The molecule has 0 bridgehead atoms. The summed E-state index contributed by atoms with van der Waals surface area (Å²) < 4.78 is 5.56. The van der Waals surface area contributed by atoms with Gasteiger partial charge in [-0.1, -0.05) is 55.5 Å². The summed E-state index contributed by atoms with van der Waals surface area (Å²) in [6.07, 6.45) is 0.519. The maximum atomic E-state index is 13.0. The molecule has 4 nitrogen and oxygen atoms in total. The van der Waals surface area contributed by atoms with Gasteiger partial charge in [-0.05, 0) is 66.8 Å². The Labute approximate surface area is 177 Å². The van der Waals surface area contributed by atoms with Crippen LogP contribution in [0.15, 0.2) is 60.7 Å². The first-order valence-electron chi connectivity index (χ1n) is 10.4. The molecule has 1 aliphatic rings. The summed E-state index contributed by atoms with van der Waals surface area (Å²) >= 11 is 0. The number of ether oxygens (including phenoxy) is 1. The van der Waals surface area contributed by atoms with Crippen LogP contribution in [0.3, 0.4) is 0 Å². The SMILES string of the molecule is CC[C@@H](C(=O)OC(C)(C)C)N1Cc2cc(-c3cccc4ccccc34)ccc2C1=O. The minimum atomic E-state index is -0.582. The lowest BCUT2D eigenvalue weighted by atomic mass is 9.96. The first kappa shape index (κ1) is 20.1. The predicted octanol–water partition coefficient (Wildman–Crippen LogP) is 5.58. The zero-order valence-electron chi connectivity index (χ0n) is 17.9. The van der Waals surface area contributed by atoms with Crippen molar-refractivity contribution >= 4 is 22.6 Å². The highest BCUT2D eigenvalue weighted by Crippen LogP contribution is 2.33. The van der Waals surface area contributed by atoms with E-state index in [2.05, 4.69) is 36.4 Å². The minimum absolute atomic E-state index is 0.104. The molecule has 0 fully saturated rings. The van der Waals surface area contributed by atoms with Crippen molar-refractivity contribution in [2.24, 2.45) is 0 Å². The molecule has 0 aromatic heterocycles. The van der Waals surface area contributed by atoms with Crippen LogP contribution in [0, 0.1) is 0 Å². The summed E-state index contributed by atoms with van der Waals surface area (Å²) in [4.78, 5) is 27.4. The van der Waals surface area contributed by atoms with Crippen molar-refractivity contribution in [3.63, 3.8) is 0 Å². The second kappa shape index (κ2) is 7.60. The molecule has 4 rings (SSSR count). The van der Waals surface area contributed by atoms with Gasteiger partial charge in [0.05, 0.1) is 0 Å². The molecule has 30 heavy (non-hydrogen) atoms. The summed E-state index contributed by atoms with van der Waals surface area (Å²) in [5, 5.41) is 2.37. The zero-order chi connectivity index (χ0) is 21.5. The molecule has 0 aliphatic carbocycles. The third kappa shape index (κ3) is 3.70. The van der Waals surface area contributed by atoms with E-state index in [4.69, 9.17) is 4.74 Å². The fourth-order valence-electron chi connectivity index (χ4n) is 4.12. The molecular weight excluding hydrogens is 374 g/mol. The standard InChI is InChI=1S/C26H27NO3/c1-5-23(25(29)30-26(2,3)4)27-16-19-15-18(13-14-22(19)24(27)28)21-12-8-10-17-9-6-7-11-20(17)21/h6-15,23H,5,16H2,1-4H3/t23-/m0/s1. The molecule has 1 atom stereocenters. The second-order valence-corrected chi connectivity index (χ2v) is 8.79. The lowest BCUT2D eigenvalue weighted by molar-refractivity contribution is -0.160. The van der Waals surface area contributed by atoms with Gasteiger partial charge in [0, 0.05) is 12.1 Å². The van der Waals surface area contributed by atoms with Crippen LogP contribution in [0.5, 0.6) is 0 Å². The minimum Gasteiger partial charge on any atom is -0.458 e. The molecule has 1 heterocycles. The molecule has 1 amide bonds. The van der Waals surface area contributed by atoms with Gasteiger partial charge in [0.2, 0.25) is 0 Å². The van der Waals surface area contributed by atoms with Gasteiger partial charge in [-0.2, -0.15) is 0 Å². The highest BCUT2D eigenvalue weighted by Gasteiger charge is 2.37. The quantitative estimate of drug-likeness (QED) is 0.536. The number of fused-ring (bicyclic) bond motifs is 2. The van der Waals surface area contributed by atoms with E-state index in [0.29, 0.717) is 18.5 Å². The highest BCUT2D eigenvalue weighted by atomic mass is 16.6. The molecule has 4 heteroatoms. The first-order valence-corrected chi connectivity index (χ1v) is 10.4. The molecular formula is C26H27NO3. The maximum Gasteiger partial charge on any atom is 0.329 e. The smallest absolute Gasteiger partial charge is 0.329 e. The first-order chi connectivity index (χ1) is 14.3. The molecule has 154 valence electrons. The van der Waals surface area contributed by atoms with E-state index in [1.165, 1.54) is 10.8 Å². The van der Waals surface area contributed by atoms with Crippen molar-refractivity contribution in [3.05, 3.63) is 71.8 Å². The molecule has 0 saturated carbocycles. The van der Waals surface area contributed by atoms with Gasteiger partial charge in [-0.25, -0.2) is 4.79 Å². The van der Waals surface area contributed by atoms with Crippen LogP contribution in [0.4, 0.5) is 0 Å². The highest BCUT2D eigenvalue weighted by molar-refractivity contribution is 6.02. The van der Waals surface area contributed by atoms with Gasteiger partial charge in [0.1, 0.15) is 11.6 Å². The van der Waals surface area contributed by atoms with Crippen molar-refractivity contribution in [1.29, 1.82) is 0 Å². The molecule has 3 aromatic carbocycles. The van der Waals surface area contributed by atoms with Crippen LogP contribution in [0.2, 0.25) is 0 Å². The summed E-state index contributed by atoms with van der Waals surface area (Å²) in [7, 11) is 0. The number of nitrogens with zero attached hydrogens (tertiary/aromatic N) is 1. The van der Waals surface area contributed by atoms with Gasteiger partial charge in [-0.15, -0.1) is 0 Å². The Morgan fingerprint density at radius 3 is 2.50 bits per heavy atom. The Balaban J connectivity index is 1.66. The maximum absolute atomic E-state index is 13.0. The number of rotatable bonds is 4. The fraction of sp³-hybridized carbons (Fsp3) is 0.308. The van der Waals surface area contributed by atoms with Crippen molar-refractivity contribution in [2.45, 2.75) is 52.3 Å². The van der Waals surface area contributed by atoms with Gasteiger partial charge < -0.3 is 9.64 Å². The normalized spacial score (nSPS) is 14.7. The number of benzene rings is 3. The van der Waals surface area contributed by atoms with E-state index < -0.39 is 11.6 Å². The van der Waals surface area contributed by atoms with Crippen molar-refractivity contribution in [1.82, 2.24) is 4.90 Å². The van der Waals surface area contributed by atoms with Gasteiger partial charge in [-0.3, -0.25) is 4.79 Å². The molecule has 0 unspecified atom stereocenters. The monoisotopic (exact) mass is 401 g/mol. The number of hydrogen-bond donors (Lipinski definition) is 0. The lowest BCUT2D eigenvalue weighted by Gasteiger charge is -2.29.